The number of anilines is 1. The zero-order valence-corrected chi connectivity index (χ0v) is 14.8. The van der Waals surface area contributed by atoms with Crippen molar-refractivity contribution in [3.8, 4) is 0 Å². The Morgan fingerprint density at radius 2 is 1.86 bits per heavy atom. The fourth-order valence-electron chi connectivity index (χ4n) is 1.99. The molecular formula is C15H17IN2O2S. The molecule has 112 valence electrons. The summed E-state index contributed by atoms with van der Waals surface area (Å²) in [4.78, 5) is 0.315. The molecule has 2 N–H and O–H groups in total. The lowest BCUT2D eigenvalue weighted by Crippen LogP contribution is -2.16. The van der Waals surface area contributed by atoms with Gasteiger partial charge in [-0.3, -0.25) is 4.72 Å². The van der Waals surface area contributed by atoms with E-state index in [0.717, 1.165) is 14.7 Å². The molecule has 21 heavy (non-hydrogen) atoms. The van der Waals surface area contributed by atoms with E-state index in [-0.39, 0.29) is 0 Å². The van der Waals surface area contributed by atoms with Crippen LogP contribution in [0.3, 0.4) is 0 Å². The van der Waals surface area contributed by atoms with Crippen LogP contribution >= 0.6 is 22.6 Å². The van der Waals surface area contributed by atoms with Gasteiger partial charge in [-0.15, -0.1) is 0 Å². The van der Waals surface area contributed by atoms with E-state index in [9.17, 15) is 8.42 Å². The van der Waals surface area contributed by atoms with Crippen LogP contribution in [-0.4, -0.2) is 15.5 Å². The van der Waals surface area contributed by atoms with Gasteiger partial charge in [-0.25, -0.2) is 8.42 Å². The van der Waals surface area contributed by atoms with Gasteiger partial charge >= 0.3 is 0 Å². The molecule has 2 aromatic rings. The maximum Gasteiger partial charge on any atom is 0.262 e. The van der Waals surface area contributed by atoms with E-state index >= 15 is 0 Å². The summed E-state index contributed by atoms with van der Waals surface area (Å²) in [5.41, 5.74) is 2.26. The number of aryl methyl sites for hydroxylation is 1. The van der Waals surface area contributed by atoms with Crippen molar-refractivity contribution in [3.63, 3.8) is 0 Å². The van der Waals surface area contributed by atoms with Crippen molar-refractivity contribution < 1.29 is 8.42 Å². The minimum Gasteiger partial charge on any atom is -0.316 e. The number of hydrogen-bond donors (Lipinski definition) is 2. The zero-order valence-electron chi connectivity index (χ0n) is 11.9. The number of nitrogens with one attached hydrogen (secondary N) is 2. The zero-order chi connectivity index (χ0) is 15.5. The first-order chi connectivity index (χ1) is 9.94. The maximum absolute atomic E-state index is 12.6. The van der Waals surface area contributed by atoms with E-state index in [1.165, 1.54) is 0 Å². The number of halogens is 1. The molecule has 0 unspecified atom stereocenters. The fraction of sp³-hybridized carbons (Fsp3) is 0.200. The van der Waals surface area contributed by atoms with Crippen molar-refractivity contribution in [2.24, 2.45) is 0 Å². The van der Waals surface area contributed by atoms with Crippen LogP contribution < -0.4 is 10.0 Å². The van der Waals surface area contributed by atoms with Crippen LogP contribution in [0.5, 0.6) is 0 Å². The second-order valence-corrected chi connectivity index (χ2v) is 7.53. The molecule has 4 nitrogen and oxygen atoms in total. The van der Waals surface area contributed by atoms with Crippen molar-refractivity contribution >= 4 is 38.3 Å². The summed E-state index contributed by atoms with van der Waals surface area (Å²) in [5.74, 6) is 0. The van der Waals surface area contributed by atoms with E-state index in [0.29, 0.717) is 17.1 Å². The van der Waals surface area contributed by atoms with Crippen LogP contribution in [0.25, 0.3) is 0 Å². The highest BCUT2D eigenvalue weighted by Gasteiger charge is 2.18. The van der Waals surface area contributed by atoms with E-state index in [2.05, 4.69) is 32.6 Å². The lowest BCUT2D eigenvalue weighted by Gasteiger charge is -2.13. The summed E-state index contributed by atoms with van der Waals surface area (Å²) in [6.07, 6.45) is 0. The van der Waals surface area contributed by atoms with Crippen molar-refractivity contribution in [3.05, 3.63) is 57.2 Å². The minimum atomic E-state index is -3.59. The van der Waals surface area contributed by atoms with Gasteiger partial charge in [-0.2, -0.15) is 0 Å². The number of sulfonamides is 1. The summed E-state index contributed by atoms with van der Waals surface area (Å²) in [5, 5.41) is 3.02. The lowest BCUT2D eigenvalue weighted by molar-refractivity contribution is 0.600. The average molecular weight is 416 g/mol. The topological polar surface area (TPSA) is 58.2 Å². The van der Waals surface area contributed by atoms with Gasteiger partial charge in [-0.1, -0.05) is 24.3 Å². The molecule has 0 bridgehead atoms. The molecule has 0 aliphatic heterocycles. The predicted molar refractivity (Wildman–Crippen MR) is 93.9 cm³/mol. The van der Waals surface area contributed by atoms with Gasteiger partial charge < -0.3 is 5.32 Å². The minimum absolute atomic E-state index is 0.315. The van der Waals surface area contributed by atoms with E-state index < -0.39 is 10.0 Å². The molecule has 0 radical (unpaired) electrons. The first-order valence-corrected chi connectivity index (χ1v) is 9.01. The highest BCUT2D eigenvalue weighted by Crippen LogP contribution is 2.23. The van der Waals surface area contributed by atoms with Gasteiger partial charge in [0.1, 0.15) is 0 Å². The summed E-state index contributed by atoms with van der Waals surface area (Å²) in [6.45, 7) is 2.43. The van der Waals surface area contributed by atoms with Crippen LogP contribution in [0.2, 0.25) is 0 Å². The Labute approximate surface area is 139 Å². The molecule has 0 saturated heterocycles. The summed E-state index contributed by atoms with van der Waals surface area (Å²) >= 11 is 2.11. The molecular weight excluding hydrogens is 399 g/mol. The first kappa shape index (κ1) is 16.3. The van der Waals surface area contributed by atoms with Gasteiger partial charge in [0.15, 0.2) is 0 Å². The molecule has 2 rings (SSSR count). The number of benzene rings is 2. The molecule has 0 aliphatic rings. The van der Waals surface area contributed by atoms with Gasteiger partial charge in [0.2, 0.25) is 0 Å². The van der Waals surface area contributed by atoms with Gasteiger partial charge in [0.05, 0.1) is 10.6 Å². The highest BCUT2D eigenvalue weighted by molar-refractivity contribution is 14.1. The molecule has 0 heterocycles. The van der Waals surface area contributed by atoms with Crippen LogP contribution in [0, 0.1) is 10.5 Å². The maximum atomic E-state index is 12.6. The van der Waals surface area contributed by atoms with E-state index in [1.807, 2.05) is 37.4 Å². The quantitative estimate of drug-likeness (QED) is 0.737. The standard InChI is InChI=1S/C15H17IN2O2S/c1-11-7-8-12(10-17-2)9-15(11)21(19,20)18-14-6-4-3-5-13(14)16/h3-9,17-18H,10H2,1-2H3. The highest BCUT2D eigenvalue weighted by atomic mass is 127. The largest absolute Gasteiger partial charge is 0.316 e. The number of para-hydroxylation sites is 1. The number of rotatable bonds is 5. The third kappa shape index (κ3) is 3.96. The Bertz CT molecular complexity index is 745. The van der Waals surface area contributed by atoms with E-state index in [1.54, 1.807) is 19.1 Å². The molecule has 0 saturated carbocycles. The van der Waals surface area contributed by atoms with Crippen molar-refractivity contribution in [1.29, 1.82) is 0 Å². The first-order valence-electron chi connectivity index (χ1n) is 6.45. The molecule has 0 fully saturated rings. The Kier molecular flexibility index (Phi) is 5.23. The SMILES string of the molecule is CNCc1ccc(C)c(S(=O)(=O)Nc2ccccc2I)c1. The van der Waals surface area contributed by atoms with Gasteiger partial charge in [0.25, 0.3) is 10.0 Å². The van der Waals surface area contributed by atoms with Crippen LogP contribution in [0.4, 0.5) is 5.69 Å². The summed E-state index contributed by atoms with van der Waals surface area (Å²) in [7, 11) is -1.76. The van der Waals surface area contributed by atoms with Crippen molar-refractivity contribution in [1.82, 2.24) is 5.32 Å². The Hall–Kier alpha value is -1.12. The number of hydrogen-bond acceptors (Lipinski definition) is 3. The Morgan fingerprint density at radius 1 is 1.14 bits per heavy atom. The normalized spacial score (nSPS) is 11.4. The summed E-state index contributed by atoms with van der Waals surface area (Å²) in [6, 6.07) is 12.8. The monoisotopic (exact) mass is 416 g/mol. The fourth-order valence-corrected chi connectivity index (χ4v) is 4.07. The molecule has 0 spiro atoms. The van der Waals surface area contributed by atoms with Crippen LogP contribution in [0.1, 0.15) is 11.1 Å². The van der Waals surface area contributed by atoms with Crippen LogP contribution in [0.15, 0.2) is 47.4 Å². The van der Waals surface area contributed by atoms with Crippen LogP contribution in [-0.2, 0) is 16.6 Å². The predicted octanol–water partition coefficient (Wildman–Crippen LogP) is 3.12. The Morgan fingerprint density at radius 3 is 2.52 bits per heavy atom. The second-order valence-electron chi connectivity index (χ2n) is 4.72. The Balaban J connectivity index is 2.40. The third-order valence-electron chi connectivity index (χ3n) is 3.04. The molecule has 0 amide bonds. The summed E-state index contributed by atoms with van der Waals surface area (Å²) < 4.78 is 28.7. The molecule has 0 aliphatic carbocycles. The average Bonchev–Trinajstić information content (AvgIpc) is 2.43. The molecule has 0 atom stereocenters. The van der Waals surface area contributed by atoms with Crippen molar-refractivity contribution in [2.75, 3.05) is 11.8 Å². The molecule has 2 aromatic carbocycles. The molecule has 6 heteroatoms. The smallest absolute Gasteiger partial charge is 0.262 e. The second kappa shape index (κ2) is 6.76. The van der Waals surface area contributed by atoms with Gasteiger partial charge in [0, 0.05) is 10.1 Å². The third-order valence-corrected chi connectivity index (χ3v) is 5.49. The molecule has 0 aromatic heterocycles. The van der Waals surface area contributed by atoms with E-state index in [4.69, 9.17) is 0 Å². The lowest BCUT2D eigenvalue weighted by atomic mass is 10.1. The van der Waals surface area contributed by atoms with Crippen molar-refractivity contribution in [2.45, 2.75) is 18.4 Å². The van der Waals surface area contributed by atoms with Gasteiger partial charge in [-0.05, 0) is 65.9 Å².